The summed E-state index contributed by atoms with van der Waals surface area (Å²) in [4.78, 5) is 33.7. The third-order valence-corrected chi connectivity index (χ3v) is 5.34. The molecule has 0 bridgehead atoms. The van der Waals surface area contributed by atoms with Crippen molar-refractivity contribution < 1.29 is 41.4 Å². The lowest BCUT2D eigenvalue weighted by molar-refractivity contribution is -0.274. The largest absolute Gasteiger partial charge is 0.573 e. The molecule has 1 N–H and O–H groups in total. The van der Waals surface area contributed by atoms with Gasteiger partial charge in [0, 0.05) is 31.1 Å². The van der Waals surface area contributed by atoms with Crippen LogP contribution >= 0.6 is 0 Å². The fourth-order valence-corrected chi connectivity index (χ4v) is 3.30. The van der Waals surface area contributed by atoms with Gasteiger partial charge >= 0.3 is 6.36 Å². The van der Waals surface area contributed by atoms with E-state index in [-0.39, 0.29) is 62.1 Å². The van der Waals surface area contributed by atoms with Gasteiger partial charge in [0.2, 0.25) is 17.7 Å². The Hall–Kier alpha value is -4.43. The van der Waals surface area contributed by atoms with Crippen LogP contribution < -0.4 is 19.5 Å². The third kappa shape index (κ3) is 9.39. The van der Waals surface area contributed by atoms with Crippen LogP contribution in [0.3, 0.4) is 0 Å². The fraction of sp³-hybridized carbons (Fsp3) is 0.400. The summed E-state index contributed by atoms with van der Waals surface area (Å²) < 4.78 is 66.6. The molecule has 0 aliphatic carbocycles. The van der Waals surface area contributed by atoms with Crippen LogP contribution in [0.2, 0.25) is 0 Å². The van der Waals surface area contributed by atoms with Gasteiger partial charge in [-0.15, -0.1) is 13.2 Å². The zero-order valence-corrected chi connectivity index (χ0v) is 21.9. The summed E-state index contributed by atoms with van der Waals surface area (Å²) in [5, 5.41) is 6.70. The number of hydrogen-bond donors (Lipinski definition) is 1. The molecule has 0 radical (unpaired) electrons. The number of likely N-dealkylation sites (N-methyl/N-ethyl adjacent to an activating group) is 1. The van der Waals surface area contributed by atoms with Crippen molar-refractivity contribution in [1.29, 1.82) is 0 Å². The highest BCUT2D eigenvalue weighted by Gasteiger charge is 2.31. The zero-order chi connectivity index (χ0) is 29.3. The van der Waals surface area contributed by atoms with Gasteiger partial charge in [-0.3, -0.25) is 19.3 Å². The summed E-state index contributed by atoms with van der Waals surface area (Å²) in [7, 11) is 1.54. The molecule has 0 aliphatic rings. The molecule has 0 fully saturated rings. The Labute approximate surface area is 227 Å². The number of nitrogens with zero attached hydrogens (tertiary/aromatic N) is 5. The highest BCUT2D eigenvalue weighted by atomic mass is 19.4. The number of carbonyl (C=O) groups is 2. The topological polar surface area (TPSA) is 121 Å². The van der Waals surface area contributed by atoms with Crippen LogP contribution in [-0.4, -0.2) is 69.6 Å². The quantitative estimate of drug-likeness (QED) is 0.310. The first-order valence-electron chi connectivity index (χ1n) is 12.1. The summed E-state index contributed by atoms with van der Waals surface area (Å²) in [6, 6.07) is 2.28. The van der Waals surface area contributed by atoms with Crippen LogP contribution in [0.25, 0.3) is 0 Å². The van der Waals surface area contributed by atoms with E-state index < -0.39 is 17.9 Å². The van der Waals surface area contributed by atoms with Crippen molar-refractivity contribution in [2.45, 2.75) is 39.1 Å². The Morgan fingerprint density at radius 3 is 2.55 bits per heavy atom. The molecular formula is C25H28F4N6O5. The molecule has 11 nitrogen and oxygen atoms in total. The van der Waals surface area contributed by atoms with E-state index in [1.807, 2.05) is 13.8 Å². The van der Waals surface area contributed by atoms with Crippen LogP contribution in [-0.2, 0) is 16.1 Å². The third-order valence-electron chi connectivity index (χ3n) is 5.34. The van der Waals surface area contributed by atoms with Crippen LogP contribution in [0, 0.1) is 5.82 Å². The van der Waals surface area contributed by atoms with Gasteiger partial charge in [-0.25, -0.2) is 9.37 Å². The smallest absolute Gasteiger partial charge is 0.490 e. The van der Waals surface area contributed by atoms with E-state index in [1.165, 1.54) is 34.2 Å². The number of hydrogen-bond acceptors (Lipinski definition) is 8. The number of halogens is 4. The van der Waals surface area contributed by atoms with Crippen LogP contribution in [0.5, 0.6) is 17.4 Å². The van der Waals surface area contributed by atoms with Gasteiger partial charge in [0.05, 0.1) is 43.9 Å². The Kier molecular flexibility index (Phi) is 10.2. The highest BCUT2D eigenvalue weighted by Crippen LogP contribution is 2.28. The first-order valence-corrected chi connectivity index (χ1v) is 12.1. The number of rotatable bonds is 13. The molecule has 0 saturated carbocycles. The Balaban J connectivity index is 1.39. The minimum atomic E-state index is -4.82. The van der Waals surface area contributed by atoms with Crippen molar-refractivity contribution in [2.24, 2.45) is 0 Å². The van der Waals surface area contributed by atoms with Crippen molar-refractivity contribution >= 4 is 17.5 Å². The maximum atomic E-state index is 14.1. The average Bonchev–Trinajstić information content (AvgIpc) is 3.31. The standard InChI is InChI=1S/C25H28F4N6O5/c1-16(2)19-12-30-13-20(26)24(19)39-8-6-21(36)33-17-10-32-35(14-17)15-23(37)34(3)7-9-38-22-5-4-18(11-31-22)40-25(27,28)29/h4-5,10-14,16H,6-9,15H2,1-3H3,(H,33,36). The minimum Gasteiger partial charge on any atom is -0.490 e. The van der Waals surface area contributed by atoms with E-state index in [0.29, 0.717) is 11.3 Å². The van der Waals surface area contributed by atoms with Gasteiger partial charge in [0.15, 0.2) is 11.6 Å². The van der Waals surface area contributed by atoms with Crippen molar-refractivity contribution in [3.8, 4) is 17.4 Å². The number of pyridine rings is 2. The lowest BCUT2D eigenvalue weighted by Gasteiger charge is -2.17. The minimum absolute atomic E-state index is 0.00771. The van der Waals surface area contributed by atoms with Crippen LogP contribution in [0.15, 0.2) is 43.1 Å². The first-order chi connectivity index (χ1) is 18.9. The second-order valence-electron chi connectivity index (χ2n) is 8.81. The Morgan fingerprint density at radius 1 is 1.10 bits per heavy atom. The van der Waals surface area contributed by atoms with Gasteiger partial charge in [0.25, 0.3) is 0 Å². The molecular weight excluding hydrogens is 540 g/mol. The number of ether oxygens (including phenoxy) is 3. The van der Waals surface area contributed by atoms with E-state index in [0.717, 1.165) is 18.5 Å². The second kappa shape index (κ2) is 13.6. The van der Waals surface area contributed by atoms with Gasteiger partial charge < -0.3 is 24.4 Å². The molecule has 0 aliphatic heterocycles. The normalized spacial score (nSPS) is 11.3. The Morgan fingerprint density at radius 2 is 1.88 bits per heavy atom. The molecule has 0 unspecified atom stereocenters. The van der Waals surface area contributed by atoms with Crippen molar-refractivity contribution in [3.63, 3.8) is 0 Å². The molecule has 0 aromatic carbocycles. The molecule has 0 atom stereocenters. The van der Waals surface area contributed by atoms with E-state index >= 15 is 0 Å². The summed E-state index contributed by atoms with van der Waals surface area (Å²) in [5.74, 6) is -1.63. The van der Waals surface area contributed by atoms with Gasteiger partial charge in [-0.2, -0.15) is 5.10 Å². The molecule has 216 valence electrons. The molecule has 15 heteroatoms. The van der Waals surface area contributed by atoms with Gasteiger partial charge in [-0.05, 0) is 12.0 Å². The van der Waals surface area contributed by atoms with Crippen LogP contribution in [0.4, 0.5) is 23.2 Å². The number of amides is 2. The lowest BCUT2D eigenvalue weighted by atomic mass is 10.0. The molecule has 3 aromatic heterocycles. The molecule has 0 saturated heterocycles. The molecule has 3 aromatic rings. The van der Waals surface area contributed by atoms with Crippen LogP contribution in [0.1, 0.15) is 31.7 Å². The average molecular weight is 569 g/mol. The monoisotopic (exact) mass is 568 g/mol. The summed E-state index contributed by atoms with van der Waals surface area (Å²) in [6.07, 6.45) is 1.46. The number of anilines is 1. The van der Waals surface area contributed by atoms with E-state index in [4.69, 9.17) is 9.47 Å². The SMILES string of the molecule is CC(C)c1cncc(F)c1OCCC(=O)Nc1cnn(CC(=O)N(C)CCOc2ccc(OC(F)(F)F)cn2)c1. The number of nitrogens with one attached hydrogen (secondary N) is 1. The first kappa shape index (κ1) is 30.1. The van der Waals surface area contributed by atoms with Gasteiger partial charge in [-0.1, -0.05) is 13.8 Å². The maximum absolute atomic E-state index is 14.1. The molecule has 0 spiro atoms. The fourth-order valence-electron chi connectivity index (χ4n) is 3.30. The van der Waals surface area contributed by atoms with Crippen molar-refractivity contribution in [3.05, 3.63) is 54.5 Å². The maximum Gasteiger partial charge on any atom is 0.573 e. The van der Waals surface area contributed by atoms with Gasteiger partial charge in [0.1, 0.15) is 18.9 Å². The number of carbonyl (C=O) groups excluding carboxylic acids is 2. The number of aromatic nitrogens is 4. The number of alkyl halides is 3. The molecule has 3 heterocycles. The molecule has 2 amide bonds. The van der Waals surface area contributed by atoms with Crippen molar-refractivity contribution in [1.82, 2.24) is 24.6 Å². The summed E-state index contributed by atoms with van der Waals surface area (Å²) in [5.41, 5.74) is 0.971. The predicted octanol–water partition coefficient (Wildman–Crippen LogP) is 3.78. The second-order valence-corrected chi connectivity index (χ2v) is 8.81. The Bertz CT molecular complexity index is 1280. The summed E-state index contributed by atoms with van der Waals surface area (Å²) >= 11 is 0. The summed E-state index contributed by atoms with van der Waals surface area (Å²) in [6.45, 7) is 3.81. The highest BCUT2D eigenvalue weighted by molar-refractivity contribution is 5.90. The molecule has 3 rings (SSSR count). The predicted molar refractivity (Wildman–Crippen MR) is 133 cm³/mol. The van der Waals surface area contributed by atoms with E-state index in [1.54, 1.807) is 7.05 Å². The van der Waals surface area contributed by atoms with E-state index in [9.17, 15) is 27.2 Å². The zero-order valence-electron chi connectivity index (χ0n) is 21.9. The lowest BCUT2D eigenvalue weighted by Crippen LogP contribution is -2.33. The molecule has 40 heavy (non-hydrogen) atoms. The van der Waals surface area contributed by atoms with Crippen molar-refractivity contribution in [2.75, 3.05) is 32.1 Å². The van der Waals surface area contributed by atoms with E-state index in [2.05, 4.69) is 25.1 Å².